The van der Waals surface area contributed by atoms with E-state index < -0.39 is 33.7 Å². The minimum Gasteiger partial charge on any atom is -0.480 e. The summed E-state index contributed by atoms with van der Waals surface area (Å²) >= 11 is 0. The molecule has 3 N–H and O–H groups in total. The highest BCUT2D eigenvalue weighted by Gasteiger charge is 2.26. The number of aromatic amines is 2. The number of fused-ring (bicyclic) bond motifs is 1. The standard InChI is InChI=1S/C13H15N3O6S/c1-2-5-16(7-11(17)18)23(21,22)8-3-4-9-10(6-8)15-13(20)12(19)14-9/h3-4,6H,2,5,7H2,1H3,(H,14,19)(H,15,20)(H,17,18). The van der Waals surface area contributed by atoms with Crippen molar-refractivity contribution < 1.29 is 18.3 Å². The largest absolute Gasteiger partial charge is 0.480 e. The van der Waals surface area contributed by atoms with Crippen LogP contribution in [0.25, 0.3) is 11.0 Å². The van der Waals surface area contributed by atoms with Gasteiger partial charge in [-0.2, -0.15) is 4.31 Å². The van der Waals surface area contributed by atoms with Crippen LogP contribution in [0.15, 0.2) is 32.7 Å². The van der Waals surface area contributed by atoms with Gasteiger partial charge in [0.1, 0.15) is 6.54 Å². The molecule has 0 amide bonds. The van der Waals surface area contributed by atoms with Gasteiger partial charge in [0.05, 0.1) is 15.9 Å². The van der Waals surface area contributed by atoms with Crippen molar-refractivity contribution in [2.45, 2.75) is 18.2 Å². The predicted molar refractivity (Wildman–Crippen MR) is 81.9 cm³/mol. The van der Waals surface area contributed by atoms with E-state index in [1.165, 1.54) is 18.2 Å². The third kappa shape index (κ3) is 3.48. The van der Waals surface area contributed by atoms with Crippen LogP contribution in [0.5, 0.6) is 0 Å². The highest BCUT2D eigenvalue weighted by atomic mass is 32.2. The van der Waals surface area contributed by atoms with Crippen molar-refractivity contribution in [3.05, 3.63) is 38.9 Å². The molecule has 23 heavy (non-hydrogen) atoms. The Morgan fingerprint density at radius 3 is 2.35 bits per heavy atom. The molecule has 0 atom stereocenters. The highest BCUT2D eigenvalue weighted by molar-refractivity contribution is 7.89. The van der Waals surface area contributed by atoms with Crippen LogP contribution in [0, 0.1) is 0 Å². The highest BCUT2D eigenvalue weighted by Crippen LogP contribution is 2.19. The molecule has 1 aromatic carbocycles. The molecule has 124 valence electrons. The number of carboxylic acid groups (broad SMARTS) is 1. The lowest BCUT2D eigenvalue weighted by Crippen LogP contribution is -2.36. The summed E-state index contributed by atoms with van der Waals surface area (Å²) < 4.78 is 26.0. The molecule has 0 spiro atoms. The average Bonchev–Trinajstić information content (AvgIpc) is 2.47. The Kier molecular flexibility index (Phi) is 4.66. The quantitative estimate of drug-likeness (QED) is 0.616. The predicted octanol–water partition coefficient (Wildman–Crippen LogP) is -0.298. The number of hydrogen-bond acceptors (Lipinski definition) is 5. The number of carboxylic acids is 1. The summed E-state index contributed by atoms with van der Waals surface area (Å²) in [6.45, 7) is 1.12. The second kappa shape index (κ2) is 6.34. The molecule has 0 aliphatic rings. The van der Waals surface area contributed by atoms with Crippen LogP contribution in [-0.4, -0.2) is 46.9 Å². The topological polar surface area (TPSA) is 140 Å². The Morgan fingerprint density at radius 1 is 1.17 bits per heavy atom. The molecule has 10 heteroatoms. The Balaban J connectivity index is 2.56. The number of hydrogen-bond donors (Lipinski definition) is 3. The molecule has 0 bridgehead atoms. The first-order chi connectivity index (χ1) is 10.8. The summed E-state index contributed by atoms with van der Waals surface area (Å²) in [7, 11) is -4.03. The van der Waals surface area contributed by atoms with Crippen LogP contribution < -0.4 is 11.1 Å². The van der Waals surface area contributed by atoms with Crippen LogP contribution in [0.4, 0.5) is 0 Å². The molecular formula is C13H15N3O6S. The lowest BCUT2D eigenvalue weighted by molar-refractivity contribution is -0.137. The molecule has 0 unspecified atom stereocenters. The van der Waals surface area contributed by atoms with E-state index in [1.807, 2.05) is 0 Å². The van der Waals surface area contributed by atoms with Gasteiger partial charge in [-0.1, -0.05) is 6.92 Å². The Morgan fingerprint density at radius 2 is 1.78 bits per heavy atom. The van der Waals surface area contributed by atoms with Gasteiger partial charge in [-0.3, -0.25) is 14.4 Å². The Labute approximate surface area is 130 Å². The summed E-state index contributed by atoms with van der Waals surface area (Å²) in [5, 5.41) is 8.87. The maximum absolute atomic E-state index is 12.6. The minimum absolute atomic E-state index is 0.0504. The van der Waals surface area contributed by atoms with Crippen LogP contribution >= 0.6 is 0 Å². The van der Waals surface area contributed by atoms with Crippen molar-refractivity contribution in [3.8, 4) is 0 Å². The van der Waals surface area contributed by atoms with E-state index in [9.17, 15) is 22.8 Å². The third-order valence-electron chi connectivity index (χ3n) is 3.12. The molecule has 1 heterocycles. The molecule has 9 nitrogen and oxygen atoms in total. The first-order valence-corrected chi connectivity index (χ1v) is 8.18. The zero-order valence-electron chi connectivity index (χ0n) is 12.2. The lowest BCUT2D eigenvalue weighted by Gasteiger charge is -2.19. The van der Waals surface area contributed by atoms with Gasteiger partial charge in [-0.05, 0) is 24.6 Å². The number of aromatic nitrogens is 2. The van der Waals surface area contributed by atoms with Crippen LogP contribution in [-0.2, 0) is 14.8 Å². The number of nitrogens with one attached hydrogen (secondary N) is 2. The second-order valence-electron chi connectivity index (χ2n) is 4.85. The molecular weight excluding hydrogens is 326 g/mol. The molecule has 0 saturated heterocycles. The van der Waals surface area contributed by atoms with Crippen LogP contribution in [0.2, 0.25) is 0 Å². The third-order valence-corrected chi connectivity index (χ3v) is 4.96. The molecule has 2 rings (SSSR count). The zero-order valence-corrected chi connectivity index (χ0v) is 13.0. The number of carbonyl (C=O) groups is 1. The lowest BCUT2D eigenvalue weighted by atomic mass is 10.3. The Bertz CT molecular complexity index is 960. The summed E-state index contributed by atoms with van der Waals surface area (Å²) in [4.78, 5) is 37.9. The average molecular weight is 341 g/mol. The number of nitrogens with zero attached hydrogens (tertiary/aromatic N) is 1. The number of rotatable bonds is 6. The Hall–Kier alpha value is -2.46. The first-order valence-electron chi connectivity index (χ1n) is 6.74. The normalized spacial score (nSPS) is 11.9. The summed E-state index contributed by atoms with van der Waals surface area (Å²) in [6.07, 6.45) is 0.449. The van der Waals surface area contributed by atoms with Crippen molar-refractivity contribution in [2.75, 3.05) is 13.1 Å². The fourth-order valence-electron chi connectivity index (χ4n) is 2.09. The van der Waals surface area contributed by atoms with Gasteiger partial charge in [-0.25, -0.2) is 8.42 Å². The number of sulfonamides is 1. The summed E-state index contributed by atoms with van der Waals surface area (Å²) in [5.41, 5.74) is -1.33. The van der Waals surface area contributed by atoms with Gasteiger partial charge < -0.3 is 15.1 Å². The van der Waals surface area contributed by atoms with E-state index in [0.717, 1.165) is 4.31 Å². The van der Waals surface area contributed by atoms with Crippen molar-refractivity contribution in [1.29, 1.82) is 0 Å². The fraction of sp³-hybridized carbons (Fsp3) is 0.308. The molecule has 0 radical (unpaired) electrons. The van der Waals surface area contributed by atoms with Crippen molar-refractivity contribution in [1.82, 2.24) is 14.3 Å². The summed E-state index contributed by atoms with van der Waals surface area (Å²) in [6, 6.07) is 3.77. The van der Waals surface area contributed by atoms with Gasteiger partial charge in [-0.15, -0.1) is 0 Å². The second-order valence-corrected chi connectivity index (χ2v) is 6.79. The number of H-pyrrole nitrogens is 2. The van der Waals surface area contributed by atoms with Gasteiger partial charge >= 0.3 is 17.1 Å². The maximum atomic E-state index is 12.6. The smallest absolute Gasteiger partial charge is 0.318 e. The molecule has 0 fully saturated rings. The van der Waals surface area contributed by atoms with E-state index in [-0.39, 0.29) is 22.5 Å². The van der Waals surface area contributed by atoms with Crippen molar-refractivity contribution in [3.63, 3.8) is 0 Å². The van der Waals surface area contributed by atoms with Crippen molar-refractivity contribution in [2.24, 2.45) is 0 Å². The molecule has 2 aromatic rings. The van der Waals surface area contributed by atoms with E-state index >= 15 is 0 Å². The van der Waals surface area contributed by atoms with Gasteiger partial charge in [0.25, 0.3) is 0 Å². The fourth-order valence-corrected chi connectivity index (χ4v) is 3.60. The molecule has 0 saturated carbocycles. The SMILES string of the molecule is CCCN(CC(=O)O)S(=O)(=O)c1ccc2[nH]c(=O)c(=O)[nH]c2c1. The van der Waals surface area contributed by atoms with Crippen LogP contribution in [0.1, 0.15) is 13.3 Å². The first kappa shape index (κ1) is 16.9. The van der Waals surface area contributed by atoms with E-state index in [4.69, 9.17) is 5.11 Å². The summed E-state index contributed by atoms with van der Waals surface area (Å²) in [5.74, 6) is -1.26. The van der Waals surface area contributed by atoms with Gasteiger partial charge in [0.15, 0.2) is 0 Å². The molecule has 0 aliphatic carbocycles. The van der Waals surface area contributed by atoms with Crippen LogP contribution in [0.3, 0.4) is 0 Å². The van der Waals surface area contributed by atoms with Gasteiger partial charge in [0.2, 0.25) is 10.0 Å². The number of benzene rings is 1. The minimum atomic E-state index is -4.03. The maximum Gasteiger partial charge on any atom is 0.318 e. The van der Waals surface area contributed by atoms with E-state index in [2.05, 4.69) is 9.97 Å². The van der Waals surface area contributed by atoms with E-state index in [1.54, 1.807) is 6.92 Å². The van der Waals surface area contributed by atoms with E-state index in [0.29, 0.717) is 6.42 Å². The molecule has 1 aromatic heterocycles. The van der Waals surface area contributed by atoms with Gasteiger partial charge in [0, 0.05) is 6.54 Å². The monoisotopic (exact) mass is 341 g/mol. The zero-order chi connectivity index (χ0) is 17.2. The van der Waals surface area contributed by atoms with Crippen molar-refractivity contribution >= 4 is 27.0 Å². The molecule has 0 aliphatic heterocycles. The number of aliphatic carboxylic acids is 1.